The van der Waals surface area contributed by atoms with Crippen LogP contribution in [0.1, 0.15) is 28.3 Å². The normalized spacial score (nSPS) is 11.2. The maximum absolute atomic E-state index is 12.9. The summed E-state index contributed by atoms with van der Waals surface area (Å²) in [5.41, 5.74) is 9.89. The number of hydrogen-bond acceptors (Lipinski definition) is 6. The molecular weight excluding hydrogens is 478 g/mol. The average molecular weight is 508 g/mol. The van der Waals surface area contributed by atoms with Gasteiger partial charge < -0.3 is 24.8 Å². The first-order valence-electron chi connectivity index (χ1n) is 12.1. The highest BCUT2D eigenvalue weighted by atomic mass is 16.5. The van der Waals surface area contributed by atoms with Crippen LogP contribution >= 0.6 is 0 Å². The number of hydrogen-bond donors (Lipinski definition) is 1. The lowest BCUT2D eigenvalue weighted by atomic mass is 10.0. The van der Waals surface area contributed by atoms with Crippen LogP contribution < -0.4 is 24.8 Å². The van der Waals surface area contributed by atoms with Gasteiger partial charge in [0.15, 0.2) is 11.5 Å². The Morgan fingerprint density at radius 2 is 1.61 bits per heavy atom. The van der Waals surface area contributed by atoms with E-state index in [1.807, 2.05) is 77.7 Å². The molecule has 0 aliphatic carbocycles. The molecule has 1 amide bonds. The number of anilines is 1. The molecule has 7 nitrogen and oxygen atoms in total. The fraction of sp³-hybridized carbons (Fsp3) is 0.161. The van der Waals surface area contributed by atoms with Gasteiger partial charge in [0, 0.05) is 12.2 Å². The van der Waals surface area contributed by atoms with Gasteiger partial charge in [-0.15, -0.1) is 0 Å². The molecular formula is C31H29N3O4. The Hall–Kier alpha value is -4.96. The van der Waals surface area contributed by atoms with Crippen LogP contribution in [0.5, 0.6) is 17.2 Å². The van der Waals surface area contributed by atoms with Crippen molar-refractivity contribution in [3.8, 4) is 23.3 Å². The molecule has 7 heteroatoms. The second-order valence-corrected chi connectivity index (χ2v) is 8.63. The molecule has 1 atom stereocenters. The highest BCUT2D eigenvalue weighted by Gasteiger charge is 2.28. The Morgan fingerprint density at radius 3 is 2.26 bits per heavy atom. The summed E-state index contributed by atoms with van der Waals surface area (Å²) < 4.78 is 16.9. The highest BCUT2D eigenvalue weighted by Crippen LogP contribution is 2.35. The molecule has 0 saturated heterocycles. The number of nitrogens with zero attached hydrogens (tertiary/aromatic N) is 2. The minimum Gasteiger partial charge on any atom is -0.497 e. The number of nitrogens with two attached hydrogens (primary N) is 1. The van der Waals surface area contributed by atoms with Crippen LogP contribution in [-0.2, 0) is 17.9 Å². The summed E-state index contributed by atoms with van der Waals surface area (Å²) in [5.74, 6) is 1.25. The lowest BCUT2D eigenvalue weighted by Gasteiger charge is -2.32. The molecule has 0 saturated carbocycles. The molecule has 192 valence electrons. The Balaban J connectivity index is 1.67. The van der Waals surface area contributed by atoms with Crippen molar-refractivity contribution in [3.63, 3.8) is 0 Å². The average Bonchev–Trinajstić information content (AvgIpc) is 2.96. The second kappa shape index (κ2) is 12.3. The molecule has 4 aromatic rings. The van der Waals surface area contributed by atoms with E-state index in [0.717, 1.165) is 22.6 Å². The Labute approximate surface area is 222 Å². The van der Waals surface area contributed by atoms with E-state index >= 15 is 0 Å². The molecule has 0 radical (unpaired) electrons. The van der Waals surface area contributed by atoms with Crippen LogP contribution in [0.2, 0.25) is 0 Å². The SMILES string of the molecule is COc1cccc(COc2ccc(C(C(N)=O)N(Cc3ccccc3)c3ccc(C#N)cc3)cc2OC)c1. The van der Waals surface area contributed by atoms with Crippen molar-refractivity contribution in [1.29, 1.82) is 5.26 Å². The second-order valence-electron chi connectivity index (χ2n) is 8.63. The molecule has 2 N–H and O–H groups in total. The van der Waals surface area contributed by atoms with Crippen LogP contribution in [0.25, 0.3) is 0 Å². The molecule has 0 aliphatic heterocycles. The maximum atomic E-state index is 12.9. The van der Waals surface area contributed by atoms with Gasteiger partial charge in [-0.25, -0.2) is 0 Å². The molecule has 0 aliphatic rings. The van der Waals surface area contributed by atoms with Crippen LogP contribution in [0.4, 0.5) is 5.69 Å². The van der Waals surface area contributed by atoms with Gasteiger partial charge in [-0.2, -0.15) is 5.26 Å². The lowest BCUT2D eigenvalue weighted by molar-refractivity contribution is -0.119. The van der Waals surface area contributed by atoms with Gasteiger partial charge in [0.25, 0.3) is 0 Å². The van der Waals surface area contributed by atoms with Crippen molar-refractivity contribution in [1.82, 2.24) is 0 Å². The Morgan fingerprint density at radius 1 is 0.868 bits per heavy atom. The molecule has 38 heavy (non-hydrogen) atoms. The zero-order valence-corrected chi connectivity index (χ0v) is 21.3. The molecule has 0 aromatic heterocycles. The van der Waals surface area contributed by atoms with Gasteiger partial charge >= 0.3 is 0 Å². The lowest BCUT2D eigenvalue weighted by Crippen LogP contribution is -2.37. The molecule has 0 bridgehead atoms. The predicted octanol–water partition coefficient (Wildman–Crippen LogP) is 5.39. The molecule has 0 fully saturated rings. The zero-order chi connectivity index (χ0) is 26.9. The first-order chi connectivity index (χ1) is 18.5. The van der Waals surface area contributed by atoms with Crippen LogP contribution in [0.3, 0.4) is 0 Å². The van der Waals surface area contributed by atoms with Crippen LogP contribution in [0.15, 0.2) is 97.1 Å². The third kappa shape index (κ3) is 6.23. The maximum Gasteiger partial charge on any atom is 0.244 e. The van der Waals surface area contributed by atoms with Gasteiger partial charge in [-0.1, -0.05) is 48.5 Å². The number of carbonyl (C=O) groups is 1. The summed E-state index contributed by atoms with van der Waals surface area (Å²) in [6.45, 7) is 0.744. The van der Waals surface area contributed by atoms with E-state index in [1.165, 1.54) is 0 Å². The van der Waals surface area contributed by atoms with E-state index in [2.05, 4.69) is 6.07 Å². The first kappa shape index (κ1) is 26.1. The van der Waals surface area contributed by atoms with Crippen molar-refractivity contribution in [2.75, 3.05) is 19.1 Å². The minimum atomic E-state index is -0.801. The Kier molecular flexibility index (Phi) is 8.47. The molecule has 0 spiro atoms. The fourth-order valence-corrected chi connectivity index (χ4v) is 4.23. The minimum absolute atomic E-state index is 0.317. The number of carbonyl (C=O) groups excluding carboxylic acids is 1. The van der Waals surface area contributed by atoms with Crippen molar-refractivity contribution in [2.45, 2.75) is 19.2 Å². The zero-order valence-electron chi connectivity index (χ0n) is 21.3. The summed E-state index contributed by atoms with van der Waals surface area (Å²) >= 11 is 0. The smallest absolute Gasteiger partial charge is 0.244 e. The number of rotatable bonds is 11. The van der Waals surface area contributed by atoms with Gasteiger partial charge in [-0.05, 0) is 65.2 Å². The molecule has 1 unspecified atom stereocenters. The Bertz CT molecular complexity index is 1420. The van der Waals surface area contributed by atoms with Gasteiger partial charge in [0.1, 0.15) is 18.4 Å². The third-order valence-electron chi connectivity index (χ3n) is 6.14. The van der Waals surface area contributed by atoms with E-state index in [9.17, 15) is 10.1 Å². The third-order valence-corrected chi connectivity index (χ3v) is 6.14. The number of nitriles is 1. The monoisotopic (exact) mass is 507 g/mol. The van der Waals surface area contributed by atoms with E-state index in [0.29, 0.717) is 35.8 Å². The largest absolute Gasteiger partial charge is 0.497 e. The summed E-state index contributed by atoms with van der Waals surface area (Å²) in [4.78, 5) is 14.8. The van der Waals surface area contributed by atoms with E-state index in [4.69, 9.17) is 19.9 Å². The predicted molar refractivity (Wildman–Crippen MR) is 146 cm³/mol. The fourth-order valence-electron chi connectivity index (χ4n) is 4.23. The standard InChI is InChI=1S/C31H29N3O4/c1-36-27-10-6-9-24(17-27)21-38-28-16-13-25(18-29(28)37-2)30(31(33)35)34(20-23-7-4-3-5-8-23)26-14-11-22(19-32)12-15-26/h3-18,30H,20-21H2,1-2H3,(H2,33,35). The van der Waals surface area contributed by atoms with E-state index in [-0.39, 0.29) is 0 Å². The summed E-state index contributed by atoms with van der Waals surface area (Å²) in [6, 6.07) is 31.2. The quantitative estimate of drug-likeness (QED) is 0.292. The number of amides is 1. The summed E-state index contributed by atoms with van der Waals surface area (Å²) in [5, 5.41) is 9.23. The van der Waals surface area contributed by atoms with Crippen LogP contribution in [0, 0.1) is 11.3 Å². The van der Waals surface area contributed by atoms with Crippen molar-refractivity contribution >= 4 is 11.6 Å². The molecule has 4 rings (SSSR count). The first-order valence-corrected chi connectivity index (χ1v) is 12.1. The van der Waals surface area contributed by atoms with E-state index in [1.54, 1.807) is 38.5 Å². The van der Waals surface area contributed by atoms with Gasteiger partial charge in [0.2, 0.25) is 5.91 Å². The van der Waals surface area contributed by atoms with Crippen molar-refractivity contribution < 1.29 is 19.0 Å². The number of ether oxygens (including phenoxy) is 3. The van der Waals surface area contributed by atoms with E-state index < -0.39 is 11.9 Å². The summed E-state index contributed by atoms with van der Waals surface area (Å²) in [6.07, 6.45) is 0. The van der Waals surface area contributed by atoms with Gasteiger partial charge in [-0.3, -0.25) is 4.79 Å². The van der Waals surface area contributed by atoms with Crippen molar-refractivity contribution in [3.05, 3.63) is 119 Å². The number of primary amides is 1. The van der Waals surface area contributed by atoms with Crippen molar-refractivity contribution in [2.24, 2.45) is 5.73 Å². The topological polar surface area (TPSA) is 97.8 Å². The van der Waals surface area contributed by atoms with Crippen LogP contribution in [-0.4, -0.2) is 20.1 Å². The highest BCUT2D eigenvalue weighted by molar-refractivity contribution is 5.85. The molecule has 0 heterocycles. The molecule has 4 aromatic carbocycles. The number of methoxy groups -OCH3 is 2. The number of benzene rings is 4. The summed E-state index contributed by atoms with van der Waals surface area (Å²) in [7, 11) is 3.18. The van der Waals surface area contributed by atoms with Gasteiger partial charge in [0.05, 0.1) is 25.9 Å².